The van der Waals surface area contributed by atoms with Gasteiger partial charge in [-0.3, -0.25) is 4.79 Å². The minimum Gasteiger partial charge on any atom is -0.366 e. The number of rotatable bonds is 4. The Labute approximate surface area is 64.4 Å². The van der Waals surface area contributed by atoms with Gasteiger partial charge in [-0.25, -0.2) is 4.79 Å². The van der Waals surface area contributed by atoms with Crippen molar-refractivity contribution in [1.29, 1.82) is 0 Å². The normalized spacial score (nSPS) is 8.73. The van der Waals surface area contributed by atoms with Gasteiger partial charge < -0.3 is 16.8 Å². The average molecular weight is 157 g/mol. The molecule has 0 rings (SSSR count). The number of primary amides is 2. The van der Waals surface area contributed by atoms with Gasteiger partial charge in [0.2, 0.25) is 5.91 Å². The van der Waals surface area contributed by atoms with Gasteiger partial charge in [-0.05, 0) is 6.42 Å². The van der Waals surface area contributed by atoms with Crippen LogP contribution in [0.2, 0.25) is 0 Å². The van der Waals surface area contributed by atoms with E-state index in [0.29, 0.717) is 6.42 Å². The van der Waals surface area contributed by atoms with Gasteiger partial charge >= 0.3 is 6.03 Å². The second-order valence-electron chi connectivity index (χ2n) is 2.01. The van der Waals surface area contributed by atoms with Gasteiger partial charge in [-0.15, -0.1) is 0 Å². The fourth-order valence-electron chi connectivity index (χ4n) is 0.460. The molecule has 11 heavy (non-hydrogen) atoms. The van der Waals surface area contributed by atoms with Crippen molar-refractivity contribution in [2.75, 3.05) is 6.54 Å². The number of carbonyl (C=O) groups excluding carboxylic acids is 2. The minimum atomic E-state index is -0.623. The Morgan fingerprint density at radius 1 is 1.36 bits per heavy atom. The van der Waals surface area contributed by atoms with E-state index < -0.39 is 11.9 Å². The second-order valence-corrected chi connectivity index (χ2v) is 2.01. The van der Waals surface area contributed by atoms with E-state index in [0.717, 1.165) is 0 Å². The molecule has 0 aromatic heterocycles. The lowest BCUT2D eigenvalue weighted by atomic mass is 10.2. The van der Waals surface area contributed by atoms with Crippen LogP contribution in [0.25, 0.3) is 0 Å². The summed E-state index contributed by atoms with van der Waals surface area (Å²) < 4.78 is 0. The van der Waals surface area contributed by atoms with Gasteiger partial charge in [0, 0.05) is 12.1 Å². The maximum absolute atomic E-state index is 10.4. The highest BCUT2D eigenvalue weighted by atomic mass is 16.2. The third-order valence-corrected chi connectivity index (χ3v) is 1.07. The standard InChI is InChI=1S/C6H11N3O2/c1-4(5(7)10)2-3-9-6(8)11/h1-3H2,(H2,7,10)(H3,8,9,11). The molecule has 0 atom stereocenters. The van der Waals surface area contributed by atoms with Crippen LogP contribution in [0.4, 0.5) is 4.79 Å². The number of hydrogen-bond donors (Lipinski definition) is 3. The summed E-state index contributed by atoms with van der Waals surface area (Å²) in [5, 5.41) is 2.30. The number of carbonyl (C=O) groups is 2. The van der Waals surface area contributed by atoms with Gasteiger partial charge in [-0.1, -0.05) is 6.58 Å². The lowest BCUT2D eigenvalue weighted by Crippen LogP contribution is -2.31. The van der Waals surface area contributed by atoms with Crippen LogP contribution in [-0.4, -0.2) is 18.5 Å². The first-order valence-corrected chi connectivity index (χ1v) is 3.05. The number of urea groups is 1. The Kier molecular flexibility index (Phi) is 3.72. The highest BCUT2D eigenvalue weighted by molar-refractivity contribution is 5.91. The summed E-state index contributed by atoms with van der Waals surface area (Å²) in [4.78, 5) is 20.5. The van der Waals surface area contributed by atoms with Crippen LogP contribution < -0.4 is 16.8 Å². The van der Waals surface area contributed by atoms with Crippen LogP contribution in [-0.2, 0) is 4.79 Å². The molecule has 5 heteroatoms. The van der Waals surface area contributed by atoms with Crippen molar-refractivity contribution in [3.05, 3.63) is 12.2 Å². The van der Waals surface area contributed by atoms with Crippen molar-refractivity contribution in [3.63, 3.8) is 0 Å². The quantitative estimate of drug-likeness (QED) is 0.460. The Bertz CT molecular complexity index is 188. The largest absolute Gasteiger partial charge is 0.366 e. The molecule has 5 N–H and O–H groups in total. The molecule has 0 heterocycles. The fraction of sp³-hybridized carbons (Fsp3) is 0.333. The van der Waals surface area contributed by atoms with Gasteiger partial charge in [0.15, 0.2) is 0 Å². The summed E-state index contributed by atoms with van der Waals surface area (Å²) in [6, 6.07) is -0.623. The molecule has 0 aliphatic heterocycles. The van der Waals surface area contributed by atoms with Gasteiger partial charge in [0.25, 0.3) is 0 Å². The van der Waals surface area contributed by atoms with Crippen LogP contribution >= 0.6 is 0 Å². The highest BCUT2D eigenvalue weighted by Gasteiger charge is 2.00. The first-order chi connectivity index (χ1) is 5.04. The zero-order valence-electron chi connectivity index (χ0n) is 6.09. The molecule has 0 spiro atoms. The van der Waals surface area contributed by atoms with E-state index in [4.69, 9.17) is 11.5 Å². The molecule has 0 aliphatic carbocycles. The summed E-state index contributed by atoms with van der Waals surface area (Å²) in [7, 11) is 0. The maximum atomic E-state index is 10.4. The third kappa shape index (κ3) is 4.95. The molecule has 0 bridgehead atoms. The zero-order valence-corrected chi connectivity index (χ0v) is 6.09. The lowest BCUT2D eigenvalue weighted by molar-refractivity contribution is -0.114. The summed E-state index contributed by atoms with van der Waals surface area (Å²) in [5.74, 6) is -0.559. The molecule has 0 aromatic rings. The SMILES string of the molecule is C=C(CCNC(N)=O)C(N)=O. The van der Waals surface area contributed by atoms with E-state index in [9.17, 15) is 9.59 Å². The molecule has 0 fully saturated rings. The Morgan fingerprint density at radius 2 is 1.91 bits per heavy atom. The zero-order chi connectivity index (χ0) is 8.85. The molecule has 0 aliphatic rings. The predicted octanol–water partition coefficient (Wildman–Crippen LogP) is -0.914. The van der Waals surface area contributed by atoms with Crippen LogP contribution in [0.15, 0.2) is 12.2 Å². The molecule has 0 radical (unpaired) electrons. The third-order valence-electron chi connectivity index (χ3n) is 1.07. The molecule has 5 nitrogen and oxygen atoms in total. The van der Waals surface area contributed by atoms with Crippen molar-refractivity contribution in [2.24, 2.45) is 11.5 Å². The van der Waals surface area contributed by atoms with Gasteiger partial charge in [0.1, 0.15) is 0 Å². The van der Waals surface area contributed by atoms with Crippen molar-refractivity contribution in [2.45, 2.75) is 6.42 Å². The van der Waals surface area contributed by atoms with E-state index in [1.807, 2.05) is 0 Å². The Morgan fingerprint density at radius 3 is 2.27 bits per heavy atom. The average Bonchev–Trinajstić information content (AvgIpc) is 1.86. The maximum Gasteiger partial charge on any atom is 0.312 e. The van der Waals surface area contributed by atoms with Crippen LogP contribution in [0, 0.1) is 0 Å². The molecule has 0 aromatic carbocycles. The molecular weight excluding hydrogens is 146 g/mol. The molecule has 62 valence electrons. The van der Waals surface area contributed by atoms with Crippen molar-refractivity contribution in [3.8, 4) is 0 Å². The summed E-state index contributed by atoms with van der Waals surface area (Å²) in [6.45, 7) is 3.67. The van der Waals surface area contributed by atoms with Crippen molar-refractivity contribution >= 4 is 11.9 Å². The Hall–Kier alpha value is -1.52. The topological polar surface area (TPSA) is 98.2 Å². The number of hydrogen-bond acceptors (Lipinski definition) is 2. The van der Waals surface area contributed by atoms with Crippen LogP contribution in [0.5, 0.6) is 0 Å². The number of nitrogens with two attached hydrogens (primary N) is 2. The van der Waals surface area contributed by atoms with Crippen molar-refractivity contribution < 1.29 is 9.59 Å². The van der Waals surface area contributed by atoms with Crippen molar-refractivity contribution in [1.82, 2.24) is 5.32 Å². The van der Waals surface area contributed by atoms with E-state index in [1.165, 1.54) is 0 Å². The number of amides is 3. The second kappa shape index (κ2) is 4.32. The highest BCUT2D eigenvalue weighted by Crippen LogP contribution is 1.92. The minimum absolute atomic E-state index is 0.277. The van der Waals surface area contributed by atoms with E-state index in [1.54, 1.807) is 0 Å². The first-order valence-electron chi connectivity index (χ1n) is 3.05. The number of nitrogens with one attached hydrogen (secondary N) is 1. The van der Waals surface area contributed by atoms with Gasteiger partial charge in [-0.2, -0.15) is 0 Å². The first kappa shape index (κ1) is 9.48. The smallest absolute Gasteiger partial charge is 0.312 e. The molecule has 3 amide bonds. The van der Waals surface area contributed by atoms with E-state index in [-0.39, 0.29) is 12.1 Å². The van der Waals surface area contributed by atoms with Gasteiger partial charge in [0.05, 0.1) is 0 Å². The predicted molar refractivity (Wildman–Crippen MR) is 40.5 cm³/mol. The van der Waals surface area contributed by atoms with E-state index >= 15 is 0 Å². The Balaban J connectivity index is 3.47. The van der Waals surface area contributed by atoms with Crippen LogP contribution in [0.3, 0.4) is 0 Å². The fourth-order valence-corrected chi connectivity index (χ4v) is 0.460. The summed E-state index contributed by atoms with van der Waals surface area (Å²) in [6.07, 6.45) is 0.332. The molecule has 0 unspecified atom stereocenters. The summed E-state index contributed by atoms with van der Waals surface area (Å²) >= 11 is 0. The summed E-state index contributed by atoms with van der Waals surface area (Å²) in [5.41, 5.74) is 9.91. The molecule has 0 saturated carbocycles. The van der Waals surface area contributed by atoms with Crippen LogP contribution in [0.1, 0.15) is 6.42 Å². The lowest BCUT2D eigenvalue weighted by Gasteiger charge is -2.00. The monoisotopic (exact) mass is 157 g/mol. The molecular formula is C6H11N3O2. The van der Waals surface area contributed by atoms with E-state index in [2.05, 4.69) is 11.9 Å². The molecule has 0 saturated heterocycles.